The van der Waals surface area contributed by atoms with Gasteiger partial charge < -0.3 is 20.7 Å². The summed E-state index contributed by atoms with van der Waals surface area (Å²) in [6.07, 6.45) is -2.72. The van der Waals surface area contributed by atoms with Gasteiger partial charge in [-0.3, -0.25) is 0 Å². The molecular weight excluding hydrogens is 196 g/mol. The van der Waals surface area contributed by atoms with Gasteiger partial charge >= 0.3 is 0 Å². The largest absolute Gasteiger partial charge is 0.495 e. The zero-order chi connectivity index (χ0) is 11.4. The number of aliphatic hydroxyl groups excluding tert-OH is 2. The SMILES string of the molecule is COc1ccc(C(O)C(O)C#N)cc1N. The van der Waals surface area contributed by atoms with Crippen molar-refractivity contribution in [2.75, 3.05) is 12.8 Å². The summed E-state index contributed by atoms with van der Waals surface area (Å²) in [5.74, 6) is 0.484. The van der Waals surface area contributed by atoms with Gasteiger partial charge in [0.25, 0.3) is 0 Å². The zero-order valence-electron chi connectivity index (χ0n) is 8.21. The Labute approximate surface area is 87.3 Å². The number of hydrogen-bond donors (Lipinski definition) is 3. The van der Waals surface area contributed by atoms with Crippen LogP contribution in [0, 0.1) is 11.3 Å². The summed E-state index contributed by atoms with van der Waals surface area (Å²) in [5, 5.41) is 27.0. The lowest BCUT2D eigenvalue weighted by atomic mass is 10.0. The summed E-state index contributed by atoms with van der Waals surface area (Å²) in [4.78, 5) is 0. The van der Waals surface area contributed by atoms with E-state index in [1.54, 1.807) is 18.2 Å². The van der Waals surface area contributed by atoms with Gasteiger partial charge in [0.05, 0.1) is 18.9 Å². The molecule has 0 saturated heterocycles. The monoisotopic (exact) mass is 208 g/mol. The zero-order valence-corrected chi connectivity index (χ0v) is 8.21. The molecule has 1 aromatic carbocycles. The Morgan fingerprint density at radius 3 is 2.60 bits per heavy atom. The number of nitrogen functional groups attached to an aromatic ring is 1. The van der Waals surface area contributed by atoms with E-state index in [4.69, 9.17) is 20.8 Å². The van der Waals surface area contributed by atoms with E-state index in [0.717, 1.165) is 0 Å². The number of benzene rings is 1. The second-order valence-electron chi connectivity index (χ2n) is 3.02. The van der Waals surface area contributed by atoms with Crippen LogP contribution < -0.4 is 10.5 Å². The van der Waals surface area contributed by atoms with Crippen molar-refractivity contribution in [3.63, 3.8) is 0 Å². The Bertz CT molecular complexity index is 387. The standard InChI is InChI=1S/C10H12N2O3/c1-15-9-3-2-6(4-7(9)12)10(14)8(13)5-11/h2-4,8,10,13-14H,12H2,1H3. The number of nitriles is 1. The van der Waals surface area contributed by atoms with Crippen LogP contribution in [0.3, 0.4) is 0 Å². The van der Waals surface area contributed by atoms with Gasteiger partial charge in [0, 0.05) is 0 Å². The van der Waals surface area contributed by atoms with Gasteiger partial charge in [-0.1, -0.05) is 6.07 Å². The maximum Gasteiger partial charge on any atom is 0.170 e. The van der Waals surface area contributed by atoms with Crippen LogP contribution in [-0.2, 0) is 0 Å². The van der Waals surface area contributed by atoms with Crippen molar-refractivity contribution in [1.82, 2.24) is 0 Å². The lowest BCUT2D eigenvalue weighted by Crippen LogP contribution is -2.15. The number of nitrogens with two attached hydrogens (primary N) is 1. The van der Waals surface area contributed by atoms with Crippen LogP contribution in [0.15, 0.2) is 18.2 Å². The van der Waals surface area contributed by atoms with Gasteiger partial charge in [-0.25, -0.2) is 0 Å². The second kappa shape index (κ2) is 4.64. The molecule has 0 amide bonds. The van der Waals surface area contributed by atoms with E-state index < -0.39 is 12.2 Å². The topological polar surface area (TPSA) is 99.5 Å². The maximum atomic E-state index is 9.51. The first-order chi connectivity index (χ1) is 7.10. The van der Waals surface area contributed by atoms with Gasteiger partial charge in [0.2, 0.25) is 0 Å². The number of aliphatic hydroxyl groups is 2. The van der Waals surface area contributed by atoms with Crippen LogP contribution in [0.1, 0.15) is 11.7 Å². The molecule has 15 heavy (non-hydrogen) atoms. The molecular formula is C10H12N2O3. The van der Waals surface area contributed by atoms with Crippen LogP contribution in [-0.4, -0.2) is 23.4 Å². The summed E-state index contributed by atoms with van der Waals surface area (Å²) < 4.78 is 4.93. The Morgan fingerprint density at radius 1 is 1.47 bits per heavy atom. The molecule has 80 valence electrons. The number of methoxy groups -OCH3 is 1. The first kappa shape index (κ1) is 11.3. The molecule has 1 aromatic rings. The summed E-state index contributed by atoms with van der Waals surface area (Å²) in [6.45, 7) is 0. The molecule has 0 aliphatic heterocycles. The van der Waals surface area contributed by atoms with Gasteiger partial charge in [0.1, 0.15) is 11.9 Å². The Morgan fingerprint density at radius 2 is 2.13 bits per heavy atom. The Hall–Kier alpha value is -1.77. The molecule has 0 heterocycles. The molecule has 0 saturated carbocycles. The first-order valence-electron chi connectivity index (χ1n) is 4.29. The highest BCUT2D eigenvalue weighted by Crippen LogP contribution is 2.26. The second-order valence-corrected chi connectivity index (χ2v) is 3.02. The van der Waals surface area contributed by atoms with Crippen LogP contribution in [0.5, 0.6) is 5.75 Å². The molecule has 0 fully saturated rings. The fraction of sp³-hybridized carbons (Fsp3) is 0.300. The molecule has 0 aliphatic carbocycles. The number of rotatable bonds is 3. The predicted molar refractivity (Wildman–Crippen MR) is 54.0 cm³/mol. The van der Waals surface area contributed by atoms with E-state index in [1.807, 2.05) is 0 Å². The van der Waals surface area contributed by atoms with Crippen LogP contribution in [0.25, 0.3) is 0 Å². The maximum absolute atomic E-state index is 9.51. The summed E-state index contributed by atoms with van der Waals surface area (Å²) >= 11 is 0. The molecule has 0 aromatic heterocycles. The quantitative estimate of drug-likeness (QED) is 0.486. The molecule has 2 atom stereocenters. The fourth-order valence-electron chi connectivity index (χ4n) is 1.19. The van der Waals surface area contributed by atoms with Crippen molar-refractivity contribution < 1.29 is 14.9 Å². The number of nitrogens with zero attached hydrogens (tertiary/aromatic N) is 1. The van der Waals surface area contributed by atoms with Crippen molar-refractivity contribution in [2.24, 2.45) is 0 Å². The highest BCUT2D eigenvalue weighted by atomic mass is 16.5. The van der Waals surface area contributed by atoms with E-state index in [-0.39, 0.29) is 0 Å². The molecule has 2 unspecified atom stereocenters. The van der Waals surface area contributed by atoms with E-state index in [1.165, 1.54) is 13.2 Å². The highest BCUT2D eigenvalue weighted by Gasteiger charge is 2.18. The fourth-order valence-corrected chi connectivity index (χ4v) is 1.19. The smallest absolute Gasteiger partial charge is 0.170 e. The lowest BCUT2D eigenvalue weighted by molar-refractivity contribution is 0.0528. The number of hydrogen-bond acceptors (Lipinski definition) is 5. The van der Waals surface area contributed by atoms with Crippen LogP contribution >= 0.6 is 0 Å². The molecule has 0 spiro atoms. The molecule has 5 heteroatoms. The number of ether oxygens (including phenoxy) is 1. The van der Waals surface area contributed by atoms with Crippen molar-refractivity contribution in [2.45, 2.75) is 12.2 Å². The Balaban J connectivity index is 2.98. The molecule has 4 N–H and O–H groups in total. The van der Waals surface area contributed by atoms with Gasteiger partial charge in [-0.2, -0.15) is 5.26 Å². The molecule has 1 rings (SSSR count). The van der Waals surface area contributed by atoms with Crippen molar-refractivity contribution in [3.8, 4) is 11.8 Å². The first-order valence-corrected chi connectivity index (χ1v) is 4.29. The molecule has 5 nitrogen and oxygen atoms in total. The minimum absolute atomic E-state index is 0.346. The minimum Gasteiger partial charge on any atom is -0.495 e. The lowest BCUT2D eigenvalue weighted by Gasteiger charge is -2.13. The van der Waals surface area contributed by atoms with Crippen LogP contribution in [0.4, 0.5) is 5.69 Å². The predicted octanol–water partition coefficient (Wildman–Crippen LogP) is 0.195. The molecule has 0 bridgehead atoms. The van der Waals surface area contributed by atoms with Crippen molar-refractivity contribution >= 4 is 5.69 Å². The van der Waals surface area contributed by atoms with Gasteiger partial charge in [-0.05, 0) is 17.7 Å². The molecule has 0 radical (unpaired) electrons. The van der Waals surface area contributed by atoms with E-state index in [9.17, 15) is 5.11 Å². The van der Waals surface area contributed by atoms with Gasteiger partial charge in [0.15, 0.2) is 6.10 Å². The average molecular weight is 208 g/mol. The third kappa shape index (κ3) is 2.37. The van der Waals surface area contributed by atoms with E-state index in [0.29, 0.717) is 17.0 Å². The van der Waals surface area contributed by atoms with Crippen molar-refractivity contribution in [3.05, 3.63) is 23.8 Å². The summed E-state index contributed by atoms with van der Waals surface area (Å²) in [7, 11) is 1.48. The third-order valence-corrected chi connectivity index (χ3v) is 2.03. The Kier molecular flexibility index (Phi) is 3.50. The van der Waals surface area contributed by atoms with E-state index in [2.05, 4.69) is 0 Å². The van der Waals surface area contributed by atoms with E-state index >= 15 is 0 Å². The van der Waals surface area contributed by atoms with Crippen LogP contribution in [0.2, 0.25) is 0 Å². The van der Waals surface area contributed by atoms with Gasteiger partial charge in [-0.15, -0.1) is 0 Å². The average Bonchev–Trinajstić information content (AvgIpc) is 2.26. The summed E-state index contributed by atoms with van der Waals surface area (Å²) in [6, 6.07) is 6.12. The highest BCUT2D eigenvalue weighted by molar-refractivity contribution is 5.54. The molecule has 0 aliphatic rings. The van der Waals surface area contributed by atoms with Crippen molar-refractivity contribution in [1.29, 1.82) is 5.26 Å². The normalized spacial score (nSPS) is 14.0. The third-order valence-electron chi connectivity index (χ3n) is 2.03. The summed E-state index contributed by atoms with van der Waals surface area (Å²) in [5.41, 5.74) is 6.33. The minimum atomic E-state index is -1.46. The number of anilines is 1.